The van der Waals surface area contributed by atoms with Crippen molar-refractivity contribution < 1.29 is 9.26 Å². The largest absolute Gasteiger partial charge is 0.370 e. The van der Waals surface area contributed by atoms with E-state index >= 15 is 0 Å². The molecule has 0 unspecified atom stereocenters. The molecule has 0 spiro atoms. The van der Waals surface area contributed by atoms with Crippen molar-refractivity contribution in [2.45, 2.75) is 52.2 Å². The maximum Gasteiger partial charge on any atom is 0.162 e. The lowest BCUT2D eigenvalue weighted by molar-refractivity contribution is -0.000639. The molecule has 84 valence electrons. The van der Waals surface area contributed by atoms with Crippen molar-refractivity contribution in [2.24, 2.45) is 5.92 Å². The van der Waals surface area contributed by atoms with Crippen LogP contribution in [0, 0.1) is 12.8 Å². The van der Waals surface area contributed by atoms with E-state index in [1.165, 1.54) is 25.7 Å². The van der Waals surface area contributed by atoms with E-state index in [0.717, 1.165) is 17.4 Å². The number of aromatic nitrogens is 1. The maximum absolute atomic E-state index is 5.80. The normalized spacial score (nSPS) is 26.8. The van der Waals surface area contributed by atoms with Crippen LogP contribution in [0.4, 0.5) is 0 Å². The molecule has 0 aromatic carbocycles. The summed E-state index contributed by atoms with van der Waals surface area (Å²) in [4.78, 5) is 0. The SMILES string of the molecule is Cc1cc(COC2CCC(C)CC2)on1. The highest BCUT2D eigenvalue weighted by Gasteiger charge is 2.18. The minimum absolute atomic E-state index is 0.423. The molecular formula is C12H19NO2. The second-order valence-corrected chi connectivity index (χ2v) is 4.63. The van der Waals surface area contributed by atoms with Gasteiger partial charge in [0.05, 0.1) is 11.8 Å². The molecule has 0 amide bonds. The molecule has 0 N–H and O–H groups in total. The molecule has 1 aromatic heterocycles. The van der Waals surface area contributed by atoms with Crippen LogP contribution < -0.4 is 0 Å². The molecule has 0 aliphatic heterocycles. The predicted molar refractivity (Wildman–Crippen MR) is 57.4 cm³/mol. The Morgan fingerprint density at radius 1 is 1.40 bits per heavy atom. The van der Waals surface area contributed by atoms with Crippen LogP contribution in [0.5, 0.6) is 0 Å². The van der Waals surface area contributed by atoms with Crippen LogP contribution in [-0.2, 0) is 11.3 Å². The summed E-state index contributed by atoms with van der Waals surface area (Å²) in [6.45, 7) is 4.81. The first-order valence-electron chi connectivity index (χ1n) is 5.78. The zero-order valence-corrected chi connectivity index (χ0v) is 9.53. The molecule has 0 saturated heterocycles. The van der Waals surface area contributed by atoms with Gasteiger partial charge in [-0.2, -0.15) is 0 Å². The summed E-state index contributed by atoms with van der Waals surface area (Å²) in [6.07, 6.45) is 5.38. The van der Waals surface area contributed by atoms with Crippen molar-refractivity contribution in [3.05, 3.63) is 17.5 Å². The van der Waals surface area contributed by atoms with E-state index in [1.54, 1.807) is 0 Å². The number of aryl methyl sites for hydroxylation is 1. The second-order valence-electron chi connectivity index (χ2n) is 4.63. The van der Waals surface area contributed by atoms with E-state index in [-0.39, 0.29) is 0 Å². The molecule has 1 aromatic rings. The lowest BCUT2D eigenvalue weighted by atomic mass is 9.89. The van der Waals surface area contributed by atoms with Gasteiger partial charge < -0.3 is 9.26 Å². The average molecular weight is 209 g/mol. The third kappa shape index (κ3) is 3.06. The second kappa shape index (κ2) is 4.79. The van der Waals surface area contributed by atoms with E-state index in [1.807, 2.05) is 13.0 Å². The topological polar surface area (TPSA) is 35.3 Å². The third-order valence-corrected chi connectivity index (χ3v) is 3.10. The summed E-state index contributed by atoms with van der Waals surface area (Å²) in [5.74, 6) is 1.71. The van der Waals surface area contributed by atoms with Crippen LogP contribution in [-0.4, -0.2) is 11.3 Å². The first kappa shape index (κ1) is 10.7. The highest BCUT2D eigenvalue weighted by Crippen LogP contribution is 2.26. The summed E-state index contributed by atoms with van der Waals surface area (Å²) in [6, 6.07) is 1.94. The highest BCUT2D eigenvalue weighted by molar-refractivity contribution is 5.01. The molecule has 1 saturated carbocycles. The van der Waals surface area contributed by atoms with Crippen LogP contribution in [0.1, 0.15) is 44.1 Å². The average Bonchev–Trinajstić information content (AvgIpc) is 2.64. The number of rotatable bonds is 3. The van der Waals surface area contributed by atoms with E-state index in [2.05, 4.69) is 12.1 Å². The zero-order chi connectivity index (χ0) is 10.7. The van der Waals surface area contributed by atoms with Gasteiger partial charge in [-0.1, -0.05) is 12.1 Å². The minimum Gasteiger partial charge on any atom is -0.370 e. The molecule has 2 rings (SSSR count). The zero-order valence-electron chi connectivity index (χ0n) is 9.53. The molecule has 1 aliphatic carbocycles. The van der Waals surface area contributed by atoms with Gasteiger partial charge in [0.2, 0.25) is 0 Å². The molecule has 15 heavy (non-hydrogen) atoms. The van der Waals surface area contributed by atoms with Gasteiger partial charge in [0, 0.05) is 6.07 Å². The fraction of sp³-hybridized carbons (Fsp3) is 0.750. The van der Waals surface area contributed by atoms with Gasteiger partial charge >= 0.3 is 0 Å². The van der Waals surface area contributed by atoms with Gasteiger partial charge in [-0.05, 0) is 38.5 Å². The molecule has 0 radical (unpaired) electrons. The van der Waals surface area contributed by atoms with E-state index in [9.17, 15) is 0 Å². The highest BCUT2D eigenvalue weighted by atomic mass is 16.5. The lowest BCUT2D eigenvalue weighted by Gasteiger charge is -2.25. The maximum atomic E-state index is 5.80. The van der Waals surface area contributed by atoms with Gasteiger partial charge in [-0.3, -0.25) is 0 Å². The Morgan fingerprint density at radius 2 is 2.13 bits per heavy atom. The van der Waals surface area contributed by atoms with Crippen LogP contribution in [0.25, 0.3) is 0 Å². The Bertz CT molecular complexity index is 300. The summed E-state index contributed by atoms with van der Waals surface area (Å²) < 4.78 is 10.9. The molecule has 0 atom stereocenters. The fourth-order valence-electron chi connectivity index (χ4n) is 2.08. The van der Waals surface area contributed by atoms with Gasteiger partial charge in [-0.25, -0.2) is 0 Å². The Kier molecular flexibility index (Phi) is 3.41. The van der Waals surface area contributed by atoms with E-state index < -0.39 is 0 Å². The Hall–Kier alpha value is -0.830. The van der Waals surface area contributed by atoms with Gasteiger partial charge in [0.1, 0.15) is 6.61 Å². The molecule has 3 nitrogen and oxygen atoms in total. The molecule has 3 heteroatoms. The predicted octanol–water partition coefficient (Wildman–Crippen LogP) is 3.08. The standard InChI is InChI=1S/C12H19NO2/c1-9-3-5-11(6-4-9)14-8-12-7-10(2)13-15-12/h7,9,11H,3-6,8H2,1-2H3. The molecule has 1 heterocycles. The summed E-state index contributed by atoms with van der Waals surface area (Å²) in [7, 11) is 0. The Balaban J connectivity index is 1.74. The minimum atomic E-state index is 0.423. The molecule has 1 fully saturated rings. The summed E-state index contributed by atoms with van der Waals surface area (Å²) >= 11 is 0. The number of hydrogen-bond donors (Lipinski definition) is 0. The van der Waals surface area contributed by atoms with Crippen LogP contribution >= 0.6 is 0 Å². The van der Waals surface area contributed by atoms with Gasteiger partial charge in [0.25, 0.3) is 0 Å². The van der Waals surface area contributed by atoms with E-state index in [0.29, 0.717) is 12.7 Å². The van der Waals surface area contributed by atoms with Crippen molar-refractivity contribution in [1.82, 2.24) is 5.16 Å². The lowest BCUT2D eigenvalue weighted by Crippen LogP contribution is -2.20. The van der Waals surface area contributed by atoms with Gasteiger partial charge in [0.15, 0.2) is 5.76 Å². The summed E-state index contributed by atoms with van der Waals surface area (Å²) in [5.41, 5.74) is 0.922. The number of ether oxygens (including phenoxy) is 1. The van der Waals surface area contributed by atoms with Crippen molar-refractivity contribution in [1.29, 1.82) is 0 Å². The molecule has 1 aliphatic rings. The molecule has 0 bridgehead atoms. The first-order chi connectivity index (χ1) is 7.24. The quantitative estimate of drug-likeness (QED) is 0.767. The number of nitrogens with zero attached hydrogens (tertiary/aromatic N) is 1. The van der Waals surface area contributed by atoms with Crippen molar-refractivity contribution >= 4 is 0 Å². The van der Waals surface area contributed by atoms with Gasteiger partial charge in [-0.15, -0.1) is 0 Å². The fourth-order valence-corrected chi connectivity index (χ4v) is 2.08. The van der Waals surface area contributed by atoms with Crippen molar-refractivity contribution in [3.8, 4) is 0 Å². The Morgan fingerprint density at radius 3 is 2.73 bits per heavy atom. The van der Waals surface area contributed by atoms with Crippen LogP contribution in [0.3, 0.4) is 0 Å². The number of hydrogen-bond acceptors (Lipinski definition) is 3. The smallest absolute Gasteiger partial charge is 0.162 e. The third-order valence-electron chi connectivity index (χ3n) is 3.10. The van der Waals surface area contributed by atoms with Crippen LogP contribution in [0.2, 0.25) is 0 Å². The summed E-state index contributed by atoms with van der Waals surface area (Å²) in [5, 5.41) is 3.84. The monoisotopic (exact) mass is 209 g/mol. The van der Waals surface area contributed by atoms with E-state index in [4.69, 9.17) is 9.26 Å². The van der Waals surface area contributed by atoms with Crippen LogP contribution in [0.15, 0.2) is 10.6 Å². The molecular weight excluding hydrogens is 190 g/mol. The van der Waals surface area contributed by atoms with Crippen molar-refractivity contribution in [3.63, 3.8) is 0 Å². The first-order valence-corrected chi connectivity index (χ1v) is 5.78. The Labute approximate surface area is 90.8 Å². The van der Waals surface area contributed by atoms with Crippen molar-refractivity contribution in [2.75, 3.05) is 0 Å².